The first-order chi connectivity index (χ1) is 9.56. The van der Waals surface area contributed by atoms with Gasteiger partial charge >= 0.3 is 0 Å². The van der Waals surface area contributed by atoms with Crippen molar-refractivity contribution in [2.45, 2.75) is 32.7 Å². The smallest absolute Gasteiger partial charge is 0.220 e. The SMILES string of the molecule is Cc1cccc([C@@H](C)NC(=O)CCc2ccnn2C)n1. The van der Waals surface area contributed by atoms with E-state index in [1.807, 2.05) is 45.2 Å². The molecule has 0 spiro atoms. The molecule has 2 aromatic heterocycles. The first-order valence-corrected chi connectivity index (χ1v) is 6.76. The van der Waals surface area contributed by atoms with E-state index < -0.39 is 0 Å². The maximum absolute atomic E-state index is 11.9. The molecule has 1 amide bonds. The molecule has 20 heavy (non-hydrogen) atoms. The Morgan fingerprint density at radius 2 is 2.20 bits per heavy atom. The summed E-state index contributed by atoms with van der Waals surface area (Å²) in [6.45, 7) is 3.89. The Hall–Kier alpha value is -2.17. The van der Waals surface area contributed by atoms with Gasteiger partial charge < -0.3 is 5.32 Å². The van der Waals surface area contributed by atoms with Crippen molar-refractivity contribution in [1.82, 2.24) is 20.1 Å². The second kappa shape index (κ2) is 6.32. The van der Waals surface area contributed by atoms with Crippen molar-refractivity contribution in [3.63, 3.8) is 0 Å². The van der Waals surface area contributed by atoms with Crippen LogP contribution in [0, 0.1) is 6.92 Å². The van der Waals surface area contributed by atoms with E-state index in [9.17, 15) is 4.79 Å². The van der Waals surface area contributed by atoms with E-state index in [0.29, 0.717) is 12.8 Å². The predicted octanol–water partition coefficient (Wildman–Crippen LogP) is 1.93. The van der Waals surface area contributed by atoms with Crippen LogP contribution in [-0.2, 0) is 18.3 Å². The molecular formula is C15H20N4O. The summed E-state index contributed by atoms with van der Waals surface area (Å²) in [6.07, 6.45) is 2.89. The molecule has 1 N–H and O–H groups in total. The van der Waals surface area contributed by atoms with Crippen molar-refractivity contribution >= 4 is 5.91 Å². The second-order valence-electron chi connectivity index (χ2n) is 4.94. The third-order valence-electron chi connectivity index (χ3n) is 3.26. The minimum atomic E-state index is -0.0751. The predicted molar refractivity (Wildman–Crippen MR) is 77.1 cm³/mol. The van der Waals surface area contributed by atoms with E-state index in [4.69, 9.17) is 0 Å². The number of amides is 1. The van der Waals surface area contributed by atoms with Gasteiger partial charge in [0.1, 0.15) is 0 Å². The fourth-order valence-electron chi connectivity index (χ4n) is 2.08. The number of aromatic nitrogens is 3. The number of rotatable bonds is 5. The number of nitrogens with one attached hydrogen (secondary N) is 1. The zero-order valence-electron chi connectivity index (χ0n) is 12.1. The first-order valence-electron chi connectivity index (χ1n) is 6.76. The van der Waals surface area contributed by atoms with Crippen molar-refractivity contribution in [3.05, 3.63) is 47.5 Å². The van der Waals surface area contributed by atoms with Crippen molar-refractivity contribution in [2.24, 2.45) is 7.05 Å². The Morgan fingerprint density at radius 1 is 1.40 bits per heavy atom. The van der Waals surface area contributed by atoms with Crippen molar-refractivity contribution < 1.29 is 4.79 Å². The summed E-state index contributed by atoms with van der Waals surface area (Å²) in [6, 6.07) is 7.68. The minimum absolute atomic E-state index is 0.0296. The zero-order valence-corrected chi connectivity index (χ0v) is 12.1. The molecule has 0 aromatic carbocycles. The van der Waals surface area contributed by atoms with Gasteiger partial charge in [-0.3, -0.25) is 14.5 Å². The van der Waals surface area contributed by atoms with E-state index in [-0.39, 0.29) is 11.9 Å². The van der Waals surface area contributed by atoms with E-state index in [2.05, 4.69) is 15.4 Å². The molecule has 0 aliphatic carbocycles. The van der Waals surface area contributed by atoms with Crippen molar-refractivity contribution in [2.75, 3.05) is 0 Å². The summed E-state index contributed by atoms with van der Waals surface area (Å²) in [5.41, 5.74) is 2.90. The Balaban J connectivity index is 1.87. The topological polar surface area (TPSA) is 59.8 Å². The van der Waals surface area contributed by atoms with E-state index in [1.54, 1.807) is 10.9 Å². The summed E-state index contributed by atoms with van der Waals surface area (Å²) in [5.74, 6) is 0.0296. The molecule has 0 aliphatic rings. The van der Waals surface area contributed by atoms with E-state index in [1.165, 1.54) is 0 Å². The van der Waals surface area contributed by atoms with Crippen LogP contribution in [0.4, 0.5) is 0 Å². The van der Waals surface area contributed by atoms with Crippen LogP contribution in [0.2, 0.25) is 0 Å². The second-order valence-corrected chi connectivity index (χ2v) is 4.94. The third kappa shape index (κ3) is 3.66. The van der Waals surface area contributed by atoms with Gasteiger partial charge in [0.25, 0.3) is 0 Å². The summed E-state index contributed by atoms with van der Waals surface area (Å²) in [4.78, 5) is 16.4. The Morgan fingerprint density at radius 3 is 2.85 bits per heavy atom. The average Bonchev–Trinajstić information content (AvgIpc) is 2.82. The van der Waals surface area contributed by atoms with Crippen LogP contribution in [0.5, 0.6) is 0 Å². The zero-order chi connectivity index (χ0) is 14.5. The van der Waals surface area contributed by atoms with Crippen LogP contribution in [-0.4, -0.2) is 20.7 Å². The number of carbonyl (C=O) groups excluding carboxylic acids is 1. The minimum Gasteiger partial charge on any atom is -0.348 e. The van der Waals surface area contributed by atoms with Gasteiger partial charge in [-0.2, -0.15) is 5.10 Å². The lowest BCUT2D eigenvalue weighted by Gasteiger charge is -2.14. The summed E-state index contributed by atoms with van der Waals surface area (Å²) in [5, 5.41) is 7.06. The normalized spacial score (nSPS) is 12.2. The number of hydrogen-bond donors (Lipinski definition) is 1. The monoisotopic (exact) mass is 272 g/mol. The molecular weight excluding hydrogens is 252 g/mol. The number of aryl methyl sites for hydroxylation is 3. The molecule has 0 unspecified atom stereocenters. The molecule has 0 fully saturated rings. The Kier molecular flexibility index (Phi) is 4.50. The molecule has 2 heterocycles. The summed E-state index contributed by atoms with van der Waals surface area (Å²) < 4.78 is 1.79. The van der Waals surface area contributed by atoms with Crippen LogP contribution in [0.1, 0.15) is 36.5 Å². The van der Waals surface area contributed by atoms with Gasteiger partial charge in [-0.25, -0.2) is 0 Å². The molecule has 5 heteroatoms. The van der Waals surface area contributed by atoms with Gasteiger partial charge in [-0.1, -0.05) is 6.07 Å². The van der Waals surface area contributed by atoms with E-state index >= 15 is 0 Å². The Bertz CT molecular complexity index is 591. The highest BCUT2D eigenvalue weighted by Crippen LogP contribution is 2.10. The molecule has 0 radical (unpaired) electrons. The Labute approximate surface area is 119 Å². The lowest BCUT2D eigenvalue weighted by atomic mass is 10.1. The number of pyridine rings is 1. The van der Waals surface area contributed by atoms with Crippen molar-refractivity contribution in [3.8, 4) is 0 Å². The largest absolute Gasteiger partial charge is 0.348 e. The maximum atomic E-state index is 11.9. The molecule has 2 rings (SSSR count). The fourth-order valence-corrected chi connectivity index (χ4v) is 2.08. The highest BCUT2D eigenvalue weighted by molar-refractivity contribution is 5.76. The lowest BCUT2D eigenvalue weighted by molar-refractivity contribution is -0.121. The average molecular weight is 272 g/mol. The summed E-state index contributed by atoms with van der Waals surface area (Å²) in [7, 11) is 1.88. The molecule has 0 saturated carbocycles. The molecule has 5 nitrogen and oxygen atoms in total. The molecule has 0 bridgehead atoms. The van der Waals surface area contributed by atoms with Gasteiger partial charge in [-0.15, -0.1) is 0 Å². The number of hydrogen-bond acceptors (Lipinski definition) is 3. The molecule has 0 saturated heterocycles. The van der Waals surface area contributed by atoms with Crippen molar-refractivity contribution in [1.29, 1.82) is 0 Å². The fraction of sp³-hybridized carbons (Fsp3) is 0.400. The van der Waals surface area contributed by atoms with Crippen LogP contribution in [0.25, 0.3) is 0 Å². The van der Waals surface area contributed by atoms with Gasteiger partial charge in [-0.05, 0) is 38.5 Å². The maximum Gasteiger partial charge on any atom is 0.220 e. The number of nitrogens with zero attached hydrogens (tertiary/aromatic N) is 3. The first kappa shape index (κ1) is 14.2. The third-order valence-corrected chi connectivity index (χ3v) is 3.26. The van der Waals surface area contributed by atoms with Crippen LogP contribution < -0.4 is 5.32 Å². The van der Waals surface area contributed by atoms with E-state index in [0.717, 1.165) is 17.1 Å². The standard InChI is InChI=1S/C15H20N4O/c1-11-5-4-6-14(17-11)12(2)18-15(20)8-7-13-9-10-16-19(13)3/h4-6,9-10,12H,7-8H2,1-3H3,(H,18,20)/t12-/m1/s1. The van der Waals surface area contributed by atoms with Crippen LogP contribution >= 0.6 is 0 Å². The van der Waals surface area contributed by atoms with Crippen LogP contribution in [0.15, 0.2) is 30.5 Å². The molecule has 2 aromatic rings. The lowest BCUT2D eigenvalue weighted by Crippen LogP contribution is -2.27. The number of carbonyl (C=O) groups is 1. The molecule has 106 valence electrons. The molecule has 1 atom stereocenters. The molecule has 0 aliphatic heterocycles. The van der Waals surface area contributed by atoms with Gasteiger partial charge in [0.2, 0.25) is 5.91 Å². The highest BCUT2D eigenvalue weighted by Gasteiger charge is 2.11. The summed E-state index contributed by atoms with van der Waals surface area (Å²) >= 11 is 0. The van der Waals surface area contributed by atoms with Gasteiger partial charge in [0.15, 0.2) is 0 Å². The van der Waals surface area contributed by atoms with Gasteiger partial charge in [0, 0.05) is 31.1 Å². The van der Waals surface area contributed by atoms with Gasteiger partial charge in [0.05, 0.1) is 11.7 Å². The highest BCUT2D eigenvalue weighted by atomic mass is 16.1. The van der Waals surface area contributed by atoms with Crippen LogP contribution in [0.3, 0.4) is 0 Å². The quantitative estimate of drug-likeness (QED) is 0.904.